The van der Waals surface area contributed by atoms with Gasteiger partial charge >= 0.3 is 0 Å². The summed E-state index contributed by atoms with van der Waals surface area (Å²) in [6.45, 7) is 1.35. The van der Waals surface area contributed by atoms with Crippen molar-refractivity contribution in [2.24, 2.45) is 11.5 Å². The van der Waals surface area contributed by atoms with Crippen LogP contribution in [0.2, 0.25) is 0 Å². The lowest BCUT2D eigenvalue weighted by Gasteiger charge is -2.05. The zero-order valence-electron chi connectivity index (χ0n) is 14.2. The number of amides is 2. The summed E-state index contributed by atoms with van der Waals surface area (Å²) in [6.07, 6.45) is 7.36. The fourth-order valence-electron chi connectivity index (χ4n) is 2.71. The molecule has 0 bridgehead atoms. The SMILES string of the molecule is NC(=O)c1cc[n+](Cc2ccccc2C[n+]2ccc(C(N)=O)cc2)cc1. The molecule has 2 amide bonds. The van der Waals surface area contributed by atoms with E-state index in [-0.39, 0.29) is 0 Å². The first-order valence-electron chi connectivity index (χ1n) is 8.17. The molecule has 2 aromatic heterocycles. The maximum atomic E-state index is 11.2. The van der Waals surface area contributed by atoms with Crippen molar-refractivity contribution in [2.75, 3.05) is 0 Å². The first-order valence-corrected chi connectivity index (χ1v) is 8.17. The van der Waals surface area contributed by atoms with E-state index in [0.717, 1.165) is 11.1 Å². The Hall–Kier alpha value is -3.54. The predicted molar refractivity (Wildman–Crippen MR) is 95.0 cm³/mol. The van der Waals surface area contributed by atoms with Crippen molar-refractivity contribution >= 4 is 11.8 Å². The maximum absolute atomic E-state index is 11.2. The molecule has 6 heteroatoms. The quantitative estimate of drug-likeness (QED) is 0.637. The van der Waals surface area contributed by atoms with E-state index in [1.807, 2.05) is 46.1 Å². The van der Waals surface area contributed by atoms with Crippen molar-refractivity contribution in [3.05, 3.63) is 95.6 Å². The highest BCUT2D eigenvalue weighted by atomic mass is 16.1. The van der Waals surface area contributed by atoms with Crippen molar-refractivity contribution in [1.82, 2.24) is 0 Å². The van der Waals surface area contributed by atoms with Gasteiger partial charge in [0.15, 0.2) is 37.9 Å². The third kappa shape index (κ3) is 4.10. The van der Waals surface area contributed by atoms with Crippen LogP contribution in [-0.2, 0) is 13.1 Å². The van der Waals surface area contributed by atoms with Crippen molar-refractivity contribution in [2.45, 2.75) is 13.1 Å². The lowest BCUT2D eigenvalue weighted by atomic mass is 10.1. The van der Waals surface area contributed by atoms with E-state index in [0.29, 0.717) is 24.2 Å². The molecule has 3 rings (SSSR count). The number of benzene rings is 1. The third-order valence-electron chi connectivity index (χ3n) is 4.18. The monoisotopic (exact) mass is 348 g/mol. The van der Waals surface area contributed by atoms with E-state index in [2.05, 4.69) is 12.1 Å². The number of rotatable bonds is 6. The largest absolute Gasteiger partial charge is 0.366 e. The second-order valence-corrected chi connectivity index (χ2v) is 6.02. The summed E-state index contributed by atoms with van der Waals surface area (Å²) in [5.41, 5.74) is 13.8. The minimum Gasteiger partial charge on any atom is -0.366 e. The Morgan fingerprint density at radius 3 is 1.31 bits per heavy atom. The predicted octanol–water partition coefficient (Wildman–Crippen LogP) is 0.556. The number of nitrogens with two attached hydrogens (primary N) is 2. The van der Waals surface area contributed by atoms with Crippen molar-refractivity contribution in [3.8, 4) is 0 Å². The Morgan fingerprint density at radius 1 is 0.654 bits per heavy atom. The van der Waals surface area contributed by atoms with Gasteiger partial charge in [-0.25, -0.2) is 9.13 Å². The van der Waals surface area contributed by atoms with Crippen molar-refractivity contribution < 1.29 is 18.7 Å². The molecule has 0 atom stereocenters. The number of primary amides is 2. The van der Waals surface area contributed by atoms with Crippen LogP contribution in [0.15, 0.2) is 73.3 Å². The average molecular weight is 348 g/mol. The van der Waals surface area contributed by atoms with E-state index in [1.54, 1.807) is 24.3 Å². The molecule has 1 aromatic carbocycles. The highest BCUT2D eigenvalue weighted by Crippen LogP contribution is 2.08. The first kappa shape index (κ1) is 17.3. The van der Waals surface area contributed by atoms with E-state index in [4.69, 9.17) is 11.5 Å². The van der Waals surface area contributed by atoms with Crippen LogP contribution >= 0.6 is 0 Å². The highest BCUT2D eigenvalue weighted by molar-refractivity contribution is 5.92. The molecule has 3 aromatic rings. The molecular weight excluding hydrogens is 328 g/mol. The summed E-state index contributed by atoms with van der Waals surface area (Å²) in [7, 11) is 0. The number of carbonyl (C=O) groups excluding carboxylic acids is 2. The highest BCUT2D eigenvalue weighted by Gasteiger charge is 2.13. The van der Waals surface area contributed by atoms with Crippen LogP contribution < -0.4 is 20.6 Å². The van der Waals surface area contributed by atoms with Crippen LogP contribution in [0, 0.1) is 0 Å². The number of aromatic nitrogens is 2. The van der Waals surface area contributed by atoms with E-state index in [9.17, 15) is 9.59 Å². The van der Waals surface area contributed by atoms with Crippen LogP contribution in [-0.4, -0.2) is 11.8 Å². The summed E-state index contributed by atoms with van der Waals surface area (Å²) in [5, 5.41) is 0. The van der Waals surface area contributed by atoms with Gasteiger partial charge in [-0.2, -0.15) is 0 Å². The summed E-state index contributed by atoms with van der Waals surface area (Å²) in [4.78, 5) is 22.4. The molecule has 4 N–H and O–H groups in total. The molecule has 0 saturated heterocycles. The standard InChI is InChI=1S/C20H18N4O2/c21-19(25)15-5-9-23(10-6-15)13-17-3-1-2-4-18(17)14-24-11-7-16(8-12-24)20(22)26/h1-12H,13-14H2,(H2-2,21,22,25,26)/p+2. The molecule has 130 valence electrons. The topological polar surface area (TPSA) is 93.9 Å². The van der Waals surface area contributed by atoms with Crippen LogP contribution in [0.3, 0.4) is 0 Å². The van der Waals surface area contributed by atoms with Crippen molar-refractivity contribution in [3.63, 3.8) is 0 Å². The van der Waals surface area contributed by atoms with Gasteiger partial charge in [-0.05, 0) is 0 Å². The molecule has 0 aliphatic rings. The van der Waals surface area contributed by atoms with Crippen LogP contribution in [0.4, 0.5) is 0 Å². The number of hydrogen-bond acceptors (Lipinski definition) is 2. The Bertz CT molecular complexity index is 856. The number of nitrogens with zero attached hydrogens (tertiary/aromatic N) is 2. The van der Waals surface area contributed by atoms with Gasteiger partial charge in [-0.3, -0.25) is 9.59 Å². The van der Waals surface area contributed by atoms with Crippen LogP contribution in [0.1, 0.15) is 31.8 Å². The van der Waals surface area contributed by atoms with Crippen molar-refractivity contribution in [1.29, 1.82) is 0 Å². The Morgan fingerprint density at radius 2 is 1.00 bits per heavy atom. The second kappa shape index (κ2) is 7.57. The summed E-state index contributed by atoms with van der Waals surface area (Å²) < 4.78 is 3.98. The smallest absolute Gasteiger partial charge is 0.249 e. The molecule has 0 fully saturated rings. The molecule has 2 heterocycles. The van der Waals surface area contributed by atoms with Gasteiger partial charge in [-0.15, -0.1) is 0 Å². The Labute approximate surface area is 151 Å². The maximum Gasteiger partial charge on any atom is 0.249 e. The van der Waals surface area contributed by atoms with E-state index in [1.165, 1.54) is 0 Å². The van der Waals surface area contributed by atoms with Gasteiger partial charge in [0.25, 0.3) is 0 Å². The van der Waals surface area contributed by atoms with E-state index < -0.39 is 11.8 Å². The summed E-state index contributed by atoms with van der Waals surface area (Å²) in [6, 6.07) is 15.0. The van der Waals surface area contributed by atoms with Crippen LogP contribution in [0.5, 0.6) is 0 Å². The zero-order valence-corrected chi connectivity index (χ0v) is 14.2. The first-order chi connectivity index (χ1) is 12.5. The van der Waals surface area contributed by atoms with Crippen LogP contribution in [0.25, 0.3) is 0 Å². The molecule has 26 heavy (non-hydrogen) atoms. The molecule has 0 spiro atoms. The Balaban J connectivity index is 1.79. The molecule has 0 saturated carbocycles. The van der Waals surface area contributed by atoms with Gasteiger partial charge < -0.3 is 11.5 Å². The third-order valence-corrected chi connectivity index (χ3v) is 4.18. The van der Waals surface area contributed by atoms with E-state index >= 15 is 0 Å². The lowest BCUT2D eigenvalue weighted by molar-refractivity contribution is -0.693. The molecule has 0 aliphatic carbocycles. The summed E-state index contributed by atoms with van der Waals surface area (Å²) in [5.74, 6) is -0.873. The number of hydrogen-bond donors (Lipinski definition) is 2. The minimum absolute atomic E-state index is 0.437. The second-order valence-electron chi connectivity index (χ2n) is 6.02. The number of carbonyl (C=O) groups is 2. The zero-order chi connectivity index (χ0) is 18.5. The van der Waals surface area contributed by atoms with Gasteiger partial charge in [-0.1, -0.05) is 24.3 Å². The molecule has 0 unspecified atom stereocenters. The van der Waals surface area contributed by atoms with Gasteiger partial charge in [0.05, 0.1) is 11.1 Å². The number of pyridine rings is 2. The minimum atomic E-state index is -0.437. The fraction of sp³-hybridized carbons (Fsp3) is 0.100. The molecular formula is C20H20N4O2+2. The summed E-state index contributed by atoms with van der Waals surface area (Å²) >= 11 is 0. The average Bonchev–Trinajstić information content (AvgIpc) is 2.64. The van der Waals surface area contributed by atoms with Gasteiger partial charge in [0.2, 0.25) is 11.8 Å². The van der Waals surface area contributed by atoms with Gasteiger partial charge in [0.1, 0.15) is 0 Å². The molecule has 0 aliphatic heterocycles. The Kier molecular flexibility index (Phi) is 5.03. The molecule has 6 nitrogen and oxygen atoms in total. The lowest BCUT2D eigenvalue weighted by Crippen LogP contribution is -2.37. The molecule has 0 radical (unpaired) electrons. The van der Waals surface area contributed by atoms with Gasteiger partial charge in [0, 0.05) is 35.4 Å². The normalized spacial score (nSPS) is 10.5. The fourth-order valence-corrected chi connectivity index (χ4v) is 2.71.